The van der Waals surface area contributed by atoms with E-state index in [9.17, 15) is 9.59 Å². The molecule has 0 aliphatic carbocycles. The Morgan fingerprint density at radius 2 is 1.67 bits per heavy atom. The zero-order valence-electron chi connectivity index (χ0n) is 18.0. The summed E-state index contributed by atoms with van der Waals surface area (Å²) in [5.41, 5.74) is 1.78. The molecule has 2 amide bonds. The third-order valence-electron chi connectivity index (χ3n) is 4.66. The molecule has 9 heteroatoms. The maximum atomic E-state index is 12.9. The number of para-hydroxylation sites is 1. The van der Waals surface area contributed by atoms with Crippen LogP contribution in [0.15, 0.2) is 71.6 Å². The molecule has 0 aliphatic heterocycles. The van der Waals surface area contributed by atoms with Gasteiger partial charge in [-0.05, 0) is 42.5 Å². The first kappa shape index (κ1) is 22.6. The Morgan fingerprint density at radius 3 is 2.39 bits per heavy atom. The van der Waals surface area contributed by atoms with Crippen molar-refractivity contribution >= 4 is 55.9 Å². The van der Waals surface area contributed by atoms with Gasteiger partial charge in [-0.3, -0.25) is 9.59 Å². The van der Waals surface area contributed by atoms with Crippen LogP contribution in [0.25, 0.3) is 10.2 Å². The van der Waals surface area contributed by atoms with E-state index in [1.54, 1.807) is 24.3 Å². The molecule has 0 radical (unpaired) electrons. The SMILES string of the molecule is COc1cccc(OC)c1C(=O)Nc1cccc(SCC(=O)Nc2nc3ccccc3s2)c1. The van der Waals surface area contributed by atoms with Crippen LogP contribution in [-0.2, 0) is 4.79 Å². The summed E-state index contributed by atoms with van der Waals surface area (Å²) in [4.78, 5) is 30.5. The molecule has 4 aromatic rings. The number of hydrogen-bond donors (Lipinski definition) is 2. The average Bonchev–Trinajstić information content (AvgIpc) is 3.24. The minimum atomic E-state index is -0.347. The number of hydrogen-bond acceptors (Lipinski definition) is 7. The summed E-state index contributed by atoms with van der Waals surface area (Å²) in [6.45, 7) is 0. The highest BCUT2D eigenvalue weighted by molar-refractivity contribution is 8.00. The second-order valence-corrected chi connectivity index (χ2v) is 8.92. The number of methoxy groups -OCH3 is 2. The number of carbonyl (C=O) groups is 2. The number of ether oxygens (including phenoxy) is 2. The largest absolute Gasteiger partial charge is 0.496 e. The van der Waals surface area contributed by atoms with E-state index in [1.165, 1.54) is 37.3 Å². The van der Waals surface area contributed by atoms with Crippen molar-refractivity contribution in [1.29, 1.82) is 0 Å². The van der Waals surface area contributed by atoms with Crippen LogP contribution in [0.2, 0.25) is 0 Å². The maximum Gasteiger partial charge on any atom is 0.263 e. The summed E-state index contributed by atoms with van der Waals surface area (Å²) in [7, 11) is 3.00. The molecule has 0 spiro atoms. The number of fused-ring (bicyclic) bond motifs is 1. The Bertz CT molecular complexity index is 1250. The van der Waals surface area contributed by atoms with E-state index in [2.05, 4.69) is 15.6 Å². The maximum absolute atomic E-state index is 12.9. The number of aromatic nitrogens is 1. The molecule has 0 unspecified atom stereocenters. The highest BCUT2D eigenvalue weighted by atomic mass is 32.2. The fraction of sp³-hybridized carbons (Fsp3) is 0.125. The lowest BCUT2D eigenvalue weighted by molar-refractivity contribution is -0.113. The van der Waals surface area contributed by atoms with Gasteiger partial charge in [-0.1, -0.05) is 35.6 Å². The molecule has 0 saturated carbocycles. The van der Waals surface area contributed by atoms with E-state index < -0.39 is 0 Å². The van der Waals surface area contributed by atoms with Gasteiger partial charge in [0.05, 0.1) is 30.2 Å². The third-order valence-corrected chi connectivity index (χ3v) is 6.60. The number of nitrogens with zero attached hydrogens (tertiary/aromatic N) is 1. The summed E-state index contributed by atoms with van der Waals surface area (Å²) in [5.74, 6) is 0.563. The number of thiazole rings is 1. The number of carbonyl (C=O) groups excluding carboxylic acids is 2. The number of nitrogens with one attached hydrogen (secondary N) is 2. The normalized spacial score (nSPS) is 10.6. The number of benzene rings is 3. The lowest BCUT2D eigenvalue weighted by Crippen LogP contribution is -2.15. The van der Waals surface area contributed by atoms with Gasteiger partial charge in [0.2, 0.25) is 5.91 Å². The van der Waals surface area contributed by atoms with E-state index in [0.29, 0.717) is 27.9 Å². The molecule has 0 bridgehead atoms. The molecule has 0 saturated heterocycles. The summed E-state index contributed by atoms with van der Waals surface area (Å²) in [6, 6.07) is 20.2. The first-order chi connectivity index (χ1) is 16.1. The topological polar surface area (TPSA) is 89.5 Å². The van der Waals surface area contributed by atoms with Crippen molar-refractivity contribution in [2.24, 2.45) is 0 Å². The molecular weight excluding hydrogens is 458 g/mol. The number of amides is 2. The van der Waals surface area contributed by atoms with Gasteiger partial charge in [0, 0.05) is 10.6 Å². The van der Waals surface area contributed by atoms with Crippen LogP contribution in [0.3, 0.4) is 0 Å². The zero-order chi connectivity index (χ0) is 23.2. The Hall–Kier alpha value is -3.56. The molecule has 4 rings (SSSR count). The molecule has 1 aromatic heterocycles. The van der Waals surface area contributed by atoms with Crippen molar-refractivity contribution in [2.75, 3.05) is 30.6 Å². The highest BCUT2D eigenvalue weighted by Gasteiger charge is 2.18. The van der Waals surface area contributed by atoms with Crippen LogP contribution in [0, 0.1) is 0 Å². The minimum absolute atomic E-state index is 0.146. The minimum Gasteiger partial charge on any atom is -0.496 e. The van der Waals surface area contributed by atoms with Gasteiger partial charge < -0.3 is 20.1 Å². The van der Waals surface area contributed by atoms with Crippen molar-refractivity contribution in [3.05, 3.63) is 72.3 Å². The molecule has 168 valence electrons. The van der Waals surface area contributed by atoms with Crippen LogP contribution in [0.5, 0.6) is 11.5 Å². The van der Waals surface area contributed by atoms with Gasteiger partial charge in [0.15, 0.2) is 5.13 Å². The van der Waals surface area contributed by atoms with Gasteiger partial charge in [-0.2, -0.15) is 0 Å². The number of thioether (sulfide) groups is 1. The van der Waals surface area contributed by atoms with E-state index in [0.717, 1.165) is 15.1 Å². The summed E-state index contributed by atoms with van der Waals surface area (Å²) in [5, 5.41) is 6.29. The average molecular weight is 480 g/mol. The quantitative estimate of drug-likeness (QED) is 0.334. The first-order valence-electron chi connectivity index (χ1n) is 9.98. The molecule has 0 atom stereocenters. The predicted octanol–water partition coefficient (Wildman–Crippen LogP) is 5.30. The van der Waals surface area contributed by atoms with Gasteiger partial charge in [0.25, 0.3) is 5.91 Å². The number of rotatable bonds is 8. The number of anilines is 2. The van der Waals surface area contributed by atoms with Crippen molar-refractivity contribution in [3.8, 4) is 11.5 Å². The van der Waals surface area contributed by atoms with Crippen LogP contribution in [0.4, 0.5) is 10.8 Å². The van der Waals surface area contributed by atoms with Crippen LogP contribution >= 0.6 is 23.1 Å². The van der Waals surface area contributed by atoms with Crippen molar-refractivity contribution in [2.45, 2.75) is 4.90 Å². The first-order valence-corrected chi connectivity index (χ1v) is 11.8. The van der Waals surface area contributed by atoms with Gasteiger partial charge in [0.1, 0.15) is 17.1 Å². The molecule has 1 heterocycles. The fourth-order valence-corrected chi connectivity index (χ4v) is 4.80. The van der Waals surface area contributed by atoms with Gasteiger partial charge in [-0.25, -0.2) is 4.98 Å². The second-order valence-electron chi connectivity index (χ2n) is 6.84. The summed E-state index contributed by atoms with van der Waals surface area (Å²) >= 11 is 2.81. The molecular formula is C24H21N3O4S2. The Morgan fingerprint density at radius 1 is 0.939 bits per heavy atom. The van der Waals surface area contributed by atoms with Crippen molar-refractivity contribution in [1.82, 2.24) is 4.98 Å². The smallest absolute Gasteiger partial charge is 0.263 e. The van der Waals surface area contributed by atoms with E-state index >= 15 is 0 Å². The second kappa shape index (κ2) is 10.4. The van der Waals surface area contributed by atoms with E-state index in [-0.39, 0.29) is 17.6 Å². The van der Waals surface area contributed by atoms with Gasteiger partial charge >= 0.3 is 0 Å². The fourth-order valence-electron chi connectivity index (χ4n) is 3.16. The Labute approximate surface area is 199 Å². The molecule has 7 nitrogen and oxygen atoms in total. The lowest BCUT2D eigenvalue weighted by Gasteiger charge is -2.13. The van der Waals surface area contributed by atoms with Crippen LogP contribution in [-0.4, -0.2) is 36.8 Å². The van der Waals surface area contributed by atoms with E-state index in [4.69, 9.17) is 9.47 Å². The van der Waals surface area contributed by atoms with E-state index in [1.807, 2.05) is 42.5 Å². The predicted molar refractivity (Wildman–Crippen MR) is 133 cm³/mol. The van der Waals surface area contributed by atoms with Gasteiger partial charge in [-0.15, -0.1) is 11.8 Å². The van der Waals surface area contributed by atoms with Crippen molar-refractivity contribution in [3.63, 3.8) is 0 Å². The summed E-state index contributed by atoms with van der Waals surface area (Å²) in [6.07, 6.45) is 0. The lowest BCUT2D eigenvalue weighted by atomic mass is 10.1. The zero-order valence-corrected chi connectivity index (χ0v) is 19.6. The Balaban J connectivity index is 1.39. The molecule has 3 aromatic carbocycles. The standard InChI is InChI=1S/C24H21N3O4S2/c1-30-18-10-6-11-19(31-2)22(18)23(29)25-15-7-5-8-16(13-15)32-14-21(28)27-24-26-17-9-3-4-12-20(17)33-24/h3-13H,14H2,1-2H3,(H,25,29)(H,26,27,28). The molecule has 0 aliphatic rings. The summed E-state index contributed by atoms with van der Waals surface area (Å²) < 4.78 is 11.6. The Kier molecular flexibility index (Phi) is 7.11. The van der Waals surface area contributed by atoms with Crippen molar-refractivity contribution < 1.29 is 19.1 Å². The molecule has 2 N–H and O–H groups in total. The van der Waals surface area contributed by atoms with Crippen LogP contribution < -0.4 is 20.1 Å². The third kappa shape index (κ3) is 5.44. The highest BCUT2D eigenvalue weighted by Crippen LogP contribution is 2.30. The monoisotopic (exact) mass is 479 g/mol. The van der Waals surface area contributed by atoms with Crippen LogP contribution in [0.1, 0.15) is 10.4 Å². The molecule has 33 heavy (non-hydrogen) atoms. The molecule has 0 fully saturated rings.